The van der Waals surface area contributed by atoms with Gasteiger partial charge in [-0.1, -0.05) is 24.3 Å². The Morgan fingerprint density at radius 3 is 2.62 bits per heavy atom. The van der Waals surface area contributed by atoms with E-state index in [9.17, 15) is 4.39 Å². The molecule has 1 aliphatic rings. The highest BCUT2D eigenvalue weighted by molar-refractivity contribution is 7.99. The van der Waals surface area contributed by atoms with Crippen LogP contribution in [0.25, 0.3) is 0 Å². The summed E-state index contributed by atoms with van der Waals surface area (Å²) in [5.41, 5.74) is 6.77. The van der Waals surface area contributed by atoms with E-state index in [4.69, 9.17) is 5.73 Å². The maximum atomic E-state index is 14.4. The smallest absolute Gasteiger partial charge is 0.116 e. The molecule has 1 fully saturated rings. The van der Waals surface area contributed by atoms with Crippen LogP contribution in [0.3, 0.4) is 0 Å². The van der Waals surface area contributed by atoms with Crippen LogP contribution in [0.15, 0.2) is 24.3 Å². The second-order valence-corrected chi connectivity index (χ2v) is 5.69. The van der Waals surface area contributed by atoms with Gasteiger partial charge >= 0.3 is 0 Å². The maximum absolute atomic E-state index is 14.4. The van der Waals surface area contributed by atoms with E-state index in [1.807, 2.05) is 36.0 Å². The summed E-state index contributed by atoms with van der Waals surface area (Å²) in [4.78, 5) is 0. The molecule has 0 spiro atoms. The maximum Gasteiger partial charge on any atom is 0.116 e. The van der Waals surface area contributed by atoms with Crippen LogP contribution in [0, 0.1) is 0 Å². The Balaban J connectivity index is 2.07. The molecule has 16 heavy (non-hydrogen) atoms. The van der Waals surface area contributed by atoms with Crippen LogP contribution in [0.2, 0.25) is 0 Å². The third-order valence-corrected chi connectivity index (χ3v) is 4.12. The van der Waals surface area contributed by atoms with Crippen molar-refractivity contribution in [3.05, 3.63) is 35.4 Å². The zero-order valence-corrected chi connectivity index (χ0v) is 10.2. The molecule has 88 valence electrons. The lowest BCUT2D eigenvalue weighted by atomic mass is 9.90. The summed E-state index contributed by atoms with van der Waals surface area (Å²) in [5, 5.41) is 0. The van der Waals surface area contributed by atoms with Gasteiger partial charge in [-0.05, 0) is 35.5 Å². The highest BCUT2D eigenvalue weighted by atomic mass is 32.2. The van der Waals surface area contributed by atoms with Gasteiger partial charge in [-0.2, -0.15) is 11.8 Å². The van der Waals surface area contributed by atoms with Gasteiger partial charge in [0.1, 0.15) is 5.67 Å². The minimum absolute atomic E-state index is 0.531. The number of halogens is 1. The average molecular weight is 239 g/mol. The molecular formula is C13H18FNS. The zero-order chi connectivity index (χ0) is 11.4. The third-order valence-electron chi connectivity index (χ3n) is 3.14. The highest BCUT2D eigenvalue weighted by Gasteiger charge is 2.31. The van der Waals surface area contributed by atoms with Crippen molar-refractivity contribution in [1.82, 2.24) is 0 Å². The van der Waals surface area contributed by atoms with Crippen LogP contribution in [0.5, 0.6) is 0 Å². The fourth-order valence-electron chi connectivity index (χ4n) is 2.15. The third kappa shape index (κ3) is 2.98. The summed E-state index contributed by atoms with van der Waals surface area (Å²) in [6, 6.07) is 7.99. The molecule has 1 heterocycles. The van der Waals surface area contributed by atoms with Crippen molar-refractivity contribution in [2.24, 2.45) is 5.73 Å². The zero-order valence-electron chi connectivity index (χ0n) is 9.42. The number of nitrogens with two attached hydrogens (primary N) is 1. The molecule has 1 aliphatic heterocycles. The van der Waals surface area contributed by atoms with E-state index in [-0.39, 0.29) is 0 Å². The summed E-state index contributed by atoms with van der Waals surface area (Å²) < 4.78 is 14.4. The Kier molecular flexibility index (Phi) is 3.87. The summed E-state index contributed by atoms with van der Waals surface area (Å²) in [5.74, 6) is 1.90. The molecule has 1 aromatic rings. The first kappa shape index (κ1) is 11.9. The molecule has 0 unspecified atom stereocenters. The molecule has 0 saturated carbocycles. The Hall–Kier alpha value is -0.540. The Bertz CT molecular complexity index is 348. The lowest BCUT2D eigenvalue weighted by molar-refractivity contribution is 0.150. The van der Waals surface area contributed by atoms with Gasteiger partial charge in [0, 0.05) is 13.0 Å². The van der Waals surface area contributed by atoms with Crippen LogP contribution >= 0.6 is 11.8 Å². The Morgan fingerprint density at radius 1 is 1.25 bits per heavy atom. The first-order chi connectivity index (χ1) is 7.72. The van der Waals surface area contributed by atoms with Crippen LogP contribution in [-0.2, 0) is 13.0 Å². The molecule has 1 aromatic carbocycles. The fraction of sp³-hybridized carbons (Fsp3) is 0.538. The normalized spacial score (nSPS) is 19.6. The predicted octanol–water partition coefficient (Wildman–Crippen LogP) is 2.92. The van der Waals surface area contributed by atoms with Crippen molar-refractivity contribution in [1.29, 1.82) is 0 Å². The SMILES string of the molecule is NCc1cccc(CC2(F)CCSCC2)c1. The van der Waals surface area contributed by atoms with Crippen LogP contribution in [0.1, 0.15) is 24.0 Å². The summed E-state index contributed by atoms with van der Waals surface area (Å²) in [6.07, 6.45) is 1.91. The standard InChI is InChI=1S/C13H18FNS/c14-13(4-6-16-7-5-13)9-11-2-1-3-12(8-11)10-15/h1-3,8H,4-7,9-10,15H2. The van der Waals surface area contributed by atoms with Crippen LogP contribution in [-0.4, -0.2) is 17.2 Å². The molecule has 2 N–H and O–H groups in total. The number of benzene rings is 1. The topological polar surface area (TPSA) is 26.0 Å². The van der Waals surface area contributed by atoms with Gasteiger partial charge in [-0.25, -0.2) is 4.39 Å². The molecule has 1 saturated heterocycles. The minimum Gasteiger partial charge on any atom is -0.326 e. The number of hydrogen-bond donors (Lipinski definition) is 1. The molecule has 0 atom stereocenters. The number of thioether (sulfide) groups is 1. The quantitative estimate of drug-likeness (QED) is 0.877. The fourth-order valence-corrected chi connectivity index (χ4v) is 3.37. The first-order valence-electron chi connectivity index (χ1n) is 5.76. The van der Waals surface area contributed by atoms with Gasteiger partial charge < -0.3 is 5.73 Å². The van der Waals surface area contributed by atoms with Crippen molar-refractivity contribution < 1.29 is 4.39 Å². The largest absolute Gasteiger partial charge is 0.326 e. The summed E-state index contributed by atoms with van der Waals surface area (Å²) in [7, 11) is 0. The average Bonchev–Trinajstić information content (AvgIpc) is 2.29. The van der Waals surface area contributed by atoms with Crippen LogP contribution < -0.4 is 5.73 Å². The van der Waals surface area contributed by atoms with Gasteiger partial charge in [0.2, 0.25) is 0 Å². The highest BCUT2D eigenvalue weighted by Crippen LogP contribution is 2.33. The van der Waals surface area contributed by atoms with Crippen LogP contribution in [0.4, 0.5) is 4.39 Å². The lowest BCUT2D eigenvalue weighted by Crippen LogP contribution is -2.30. The second kappa shape index (κ2) is 5.19. The van der Waals surface area contributed by atoms with Crippen molar-refractivity contribution >= 4 is 11.8 Å². The molecule has 0 amide bonds. The van der Waals surface area contributed by atoms with Crippen molar-refractivity contribution in [2.45, 2.75) is 31.5 Å². The van der Waals surface area contributed by atoms with Gasteiger partial charge in [0.25, 0.3) is 0 Å². The Morgan fingerprint density at radius 2 is 1.94 bits per heavy atom. The lowest BCUT2D eigenvalue weighted by Gasteiger charge is -2.29. The second-order valence-electron chi connectivity index (χ2n) is 4.46. The van der Waals surface area contributed by atoms with E-state index in [1.54, 1.807) is 0 Å². The van der Waals surface area contributed by atoms with E-state index in [0.717, 1.165) is 22.6 Å². The van der Waals surface area contributed by atoms with E-state index >= 15 is 0 Å². The van der Waals surface area contributed by atoms with E-state index in [1.165, 1.54) is 0 Å². The monoisotopic (exact) mass is 239 g/mol. The van der Waals surface area contributed by atoms with E-state index in [2.05, 4.69) is 0 Å². The van der Waals surface area contributed by atoms with E-state index in [0.29, 0.717) is 25.8 Å². The number of hydrogen-bond acceptors (Lipinski definition) is 2. The summed E-state index contributed by atoms with van der Waals surface area (Å²) in [6.45, 7) is 0.531. The predicted molar refractivity (Wildman–Crippen MR) is 68.4 cm³/mol. The van der Waals surface area contributed by atoms with E-state index < -0.39 is 5.67 Å². The molecule has 1 nitrogen and oxygen atoms in total. The molecule has 2 rings (SSSR count). The molecule has 3 heteroatoms. The van der Waals surface area contributed by atoms with Gasteiger partial charge in [-0.3, -0.25) is 0 Å². The molecule has 0 bridgehead atoms. The first-order valence-corrected chi connectivity index (χ1v) is 6.92. The van der Waals surface area contributed by atoms with Gasteiger partial charge in [0.15, 0.2) is 0 Å². The Labute approximate surface area is 101 Å². The molecule has 0 aromatic heterocycles. The number of rotatable bonds is 3. The van der Waals surface area contributed by atoms with Crippen molar-refractivity contribution in [2.75, 3.05) is 11.5 Å². The van der Waals surface area contributed by atoms with Crippen molar-refractivity contribution in [3.63, 3.8) is 0 Å². The number of alkyl halides is 1. The minimum atomic E-state index is -0.988. The molecule has 0 radical (unpaired) electrons. The van der Waals surface area contributed by atoms with Crippen molar-refractivity contribution in [3.8, 4) is 0 Å². The van der Waals surface area contributed by atoms with Gasteiger partial charge in [0.05, 0.1) is 0 Å². The van der Waals surface area contributed by atoms with Gasteiger partial charge in [-0.15, -0.1) is 0 Å². The molecule has 0 aliphatic carbocycles. The summed E-state index contributed by atoms with van der Waals surface area (Å²) >= 11 is 1.86. The molecular weight excluding hydrogens is 221 g/mol.